The van der Waals surface area contributed by atoms with E-state index in [1.807, 2.05) is 0 Å². The van der Waals surface area contributed by atoms with E-state index < -0.39 is 24.0 Å². The highest BCUT2D eigenvalue weighted by atomic mass is 16.5. The van der Waals surface area contributed by atoms with Crippen LogP contribution >= 0.6 is 0 Å². The van der Waals surface area contributed by atoms with Crippen molar-refractivity contribution >= 4 is 29.6 Å². The van der Waals surface area contributed by atoms with Crippen molar-refractivity contribution in [1.82, 2.24) is 10.6 Å². The zero-order valence-corrected chi connectivity index (χ0v) is 15.3. The summed E-state index contributed by atoms with van der Waals surface area (Å²) in [6.45, 7) is 4.57. The van der Waals surface area contributed by atoms with Gasteiger partial charge in [0, 0.05) is 12.6 Å². The maximum Gasteiger partial charge on any atom is 0.338 e. The van der Waals surface area contributed by atoms with Crippen molar-refractivity contribution < 1.29 is 28.7 Å². The molecule has 9 heteroatoms. The van der Waals surface area contributed by atoms with E-state index in [0.29, 0.717) is 5.69 Å². The number of rotatable bonds is 6. The highest BCUT2D eigenvalue weighted by Crippen LogP contribution is 2.16. The lowest BCUT2D eigenvalue weighted by Gasteiger charge is -2.26. The number of carbonyl (C=O) groups excluding carboxylic acids is 4. The Morgan fingerprint density at radius 2 is 1.78 bits per heavy atom. The molecule has 0 radical (unpaired) electrons. The largest absolute Gasteiger partial charge is 0.463 e. The van der Waals surface area contributed by atoms with Gasteiger partial charge in [-0.1, -0.05) is 0 Å². The number of benzene rings is 1. The SMILES string of the molecule is CCOC(=O)C1=C(COC(=O)c2ccc(NC(C)=O)cc2)NC(=O)N[C@H]1C. The average molecular weight is 375 g/mol. The summed E-state index contributed by atoms with van der Waals surface area (Å²) < 4.78 is 10.2. The first kappa shape index (κ1) is 20.0. The van der Waals surface area contributed by atoms with Crippen LogP contribution in [0.4, 0.5) is 10.5 Å². The smallest absolute Gasteiger partial charge is 0.338 e. The topological polar surface area (TPSA) is 123 Å². The van der Waals surface area contributed by atoms with Crippen LogP contribution in [-0.2, 0) is 19.1 Å². The summed E-state index contributed by atoms with van der Waals surface area (Å²) in [6.07, 6.45) is 0. The molecule has 1 aromatic carbocycles. The number of carbonyl (C=O) groups is 4. The van der Waals surface area contributed by atoms with Gasteiger partial charge >= 0.3 is 18.0 Å². The van der Waals surface area contributed by atoms with Crippen LogP contribution in [0, 0.1) is 0 Å². The van der Waals surface area contributed by atoms with Crippen molar-refractivity contribution in [3.8, 4) is 0 Å². The number of urea groups is 1. The minimum absolute atomic E-state index is 0.174. The van der Waals surface area contributed by atoms with Gasteiger partial charge in [0.05, 0.1) is 29.5 Å². The molecule has 0 unspecified atom stereocenters. The Morgan fingerprint density at radius 3 is 2.37 bits per heavy atom. The minimum Gasteiger partial charge on any atom is -0.463 e. The molecule has 144 valence electrons. The highest BCUT2D eigenvalue weighted by Gasteiger charge is 2.30. The lowest BCUT2D eigenvalue weighted by molar-refractivity contribution is -0.139. The summed E-state index contributed by atoms with van der Waals surface area (Å²) in [5.41, 5.74) is 1.18. The van der Waals surface area contributed by atoms with Crippen molar-refractivity contribution in [2.75, 3.05) is 18.5 Å². The standard InChI is InChI=1S/C18H21N3O6/c1-4-26-17(24)15-10(2)19-18(25)21-14(15)9-27-16(23)12-5-7-13(8-6-12)20-11(3)22/h5-8,10H,4,9H2,1-3H3,(H,20,22)(H2,19,21,25)/t10-/m0/s1. The summed E-state index contributed by atoms with van der Waals surface area (Å²) in [4.78, 5) is 47.0. The molecule has 27 heavy (non-hydrogen) atoms. The lowest BCUT2D eigenvalue weighted by atomic mass is 10.0. The molecule has 0 saturated heterocycles. The zero-order chi connectivity index (χ0) is 20.0. The average Bonchev–Trinajstić information content (AvgIpc) is 2.59. The lowest BCUT2D eigenvalue weighted by Crippen LogP contribution is -2.50. The van der Waals surface area contributed by atoms with Gasteiger partial charge in [-0.25, -0.2) is 14.4 Å². The van der Waals surface area contributed by atoms with Gasteiger partial charge < -0.3 is 25.4 Å². The molecule has 0 bridgehead atoms. The summed E-state index contributed by atoms with van der Waals surface area (Å²) >= 11 is 0. The second kappa shape index (κ2) is 8.84. The molecule has 1 aromatic rings. The molecule has 9 nitrogen and oxygen atoms in total. The molecule has 1 heterocycles. The Kier molecular flexibility index (Phi) is 6.53. The van der Waals surface area contributed by atoms with Crippen LogP contribution in [0.5, 0.6) is 0 Å². The second-order valence-electron chi connectivity index (χ2n) is 5.77. The molecule has 0 saturated carbocycles. The predicted octanol–water partition coefficient (Wildman–Crippen LogP) is 1.32. The Labute approximate surface area is 156 Å². The number of amides is 3. The molecule has 1 atom stereocenters. The molecule has 0 aliphatic carbocycles. The van der Waals surface area contributed by atoms with Crippen LogP contribution in [0.2, 0.25) is 0 Å². The third-order valence-electron chi connectivity index (χ3n) is 3.65. The van der Waals surface area contributed by atoms with Crippen LogP contribution in [0.1, 0.15) is 31.1 Å². The summed E-state index contributed by atoms with van der Waals surface area (Å²) in [5.74, 6) is -1.46. The predicted molar refractivity (Wildman–Crippen MR) is 95.8 cm³/mol. The molecular weight excluding hydrogens is 354 g/mol. The summed E-state index contributed by atoms with van der Waals surface area (Å²) in [7, 11) is 0. The first-order chi connectivity index (χ1) is 12.8. The van der Waals surface area contributed by atoms with E-state index in [-0.39, 0.29) is 36.0 Å². The number of anilines is 1. The molecule has 1 aliphatic heterocycles. The van der Waals surface area contributed by atoms with E-state index in [9.17, 15) is 19.2 Å². The Morgan fingerprint density at radius 1 is 1.11 bits per heavy atom. The molecule has 0 spiro atoms. The number of hydrogen-bond donors (Lipinski definition) is 3. The fourth-order valence-electron chi connectivity index (χ4n) is 2.51. The molecule has 3 amide bonds. The minimum atomic E-state index is -0.638. The van der Waals surface area contributed by atoms with E-state index in [4.69, 9.17) is 9.47 Å². The third-order valence-corrected chi connectivity index (χ3v) is 3.65. The van der Waals surface area contributed by atoms with Crippen LogP contribution in [0.25, 0.3) is 0 Å². The van der Waals surface area contributed by atoms with Crippen LogP contribution in [-0.4, -0.2) is 43.1 Å². The number of ether oxygens (including phenoxy) is 2. The van der Waals surface area contributed by atoms with Crippen LogP contribution < -0.4 is 16.0 Å². The van der Waals surface area contributed by atoms with E-state index in [2.05, 4.69) is 16.0 Å². The summed E-state index contributed by atoms with van der Waals surface area (Å²) in [6, 6.07) is 5.05. The maximum absolute atomic E-state index is 12.2. The highest BCUT2D eigenvalue weighted by molar-refractivity contribution is 5.95. The molecule has 2 rings (SSSR count). The van der Waals surface area contributed by atoms with E-state index in [1.165, 1.54) is 19.1 Å². The van der Waals surface area contributed by atoms with Gasteiger partial charge in [0.2, 0.25) is 5.91 Å². The fourth-order valence-corrected chi connectivity index (χ4v) is 2.51. The number of esters is 2. The second-order valence-corrected chi connectivity index (χ2v) is 5.77. The normalized spacial score (nSPS) is 16.1. The fraction of sp³-hybridized carbons (Fsp3) is 0.333. The third kappa shape index (κ3) is 5.30. The van der Waals surface area contributed by atoms with Gasteiger partial charge in [0.1, 0.15) is 6.61 Å². The van der Waals surface area contributed by atoms with Crippen LogP contribution in [0.3, 0.4) is 0 Å². The van der Waals surface area contributed by atoms with Gasteiger partial charge in [-0.2, -0.15) is 0 Å². The Bertz CT molecular complexity index is 785. The quantitative estimate of drug-likeness (QED) is 0.645. The van der Waals surface area contributed by atoms with E-state index >= 15 is 0 Å². The molecule has 0 fully saturated rings. The number of nitrogens with one attached hydrogen (secondary N) is 3. The Hall–Kier alpha value is -3.36. The van der Waals surface area contributed by atoms with E-state index in [1.54, 1.807) is 26.0 Å². The van der Waals surface area contributed by atoms with Gasteiger partial charge in [0.25, 0.3) is 0 Å². The van der Waals surface area contributed by atoms with Crippen molar-refractivity contribution in [2.45, 2.75) is 26.8 Å². The molecular formula is C18H21N3O6. The van der Waals surface area contributed by atoms with Crippen molar-refractivity contribution in [1.29, 1.82) is 0 Å². The molecule has 1 aliphatic rings. The van der Waals surface area contributed by atoms with Crippen molar-refractivity contribution in [3.63, 3.8) is 0 Å². The molecule has 3 N–H and O–H groups in total. The van der Waals surface area contributed by atoms with Gasteiger partial charge in [-0.05, 0) is 38.1 Å². The van der Waals surface area contributed by atoms with Crippen molar-refractivity contribution in [3.05, 3.63) is 41.1 Å². The number of hydrogen-bond acceptors (Lipinski definition) is 6. The zero-order valence-electron chi connectivity index (χ0n) is 15.3. The first-order valence-corrected chi connectivity index (χ1v) is 8.34. The van der Waals surface area contributed by atoms with Gasteiger partial charge in [-0.3, -0.25) is 4.79 Å². The van der Waals surface area contributed by atoms with Crippen LogP contribution in [0.15, 0.2) is 35.5 Å². The first-order valence-electron chi connectivity index (χ1n) is 8.34. The monoisotopic (exact) mass is 375 g/mol. The Balaban J connectivity index is 2.10. The maximum atomic E-state index is 12.2. The summed E-state index contributed by atoms with van der Waals surface area (Å²) in [5, 5.41) is 7.62. The van der Waals surface area contributed by atoms with Gasteiger partial charge in [0.15, 0.2) is 0 Å². The molecule has 0 aromatic heterocycles. The van der Waals surface area contributed by atoms with E-state index in [0.717, 1.165) is 0 Å². The van der Waals surface area contributed by atoms with Crippen molar-refractivity contribution in [2.24, 2.45) is 0 Å². The van der Waals surface area contributed by atoms with Gasteiger partial charge in [-0.15, -0.1) is 0 Å².